The summed E-state index contributed by atoms with van der Waals surface area (Å²) in [6.45, 7) is 2.22. The first kappa shape index (κ1) is 11.5. The Kier molecular flexibility index (Phi) is 3.83. The molecule has 0 N–H and O–H groups in total. The summed E-state index contributed by atoms with van der Waals surface area (Å²) in [5.74, 6) is 0. The molecular weight excluding hydrogens is 218 g/mol. The van der Waals surface area contributed by atoms with Crippen molar-refractivity contribution in [1.82, 2.24) is 15.0 Å². The van der Waals surface area contributed by atoms with Crippen molar-refractivity contribution in [3.05, 3.63) is 24.3 Å². The Morgan fingerprint density at radius 3 is 2.94 bits per heavy atom. The number of rotatable bonds is 5. The van der Waals surface area contributed by atoms with Gasteiger partial charge in [-0.05, 0) is 24.8 Å². The molecule has 0 amide bonds. The number of nitrogens with zero attached hydrogens (tertiary/aromatic N) is 3. The summed E-state index contributed by atoms with van der Waals surface area (Å²) >= 11 is 1.84. The number of para-hydroxylation sites is 1. The van der Waals surface area contributed by atoms with Crippen molar-refractivity contribution in [2.24, 2.45) is 0 Å². The summed E-state index contributed by atoms with van der Waals surface area (Å²) in [6, 6.07) is 8.14. The van der Waals surface area contributed by atoms with Gasteiger partial charge in [-0.3, -0.25) is 0 Å². The van der Waals surface area contributed by atoms with E-state index in [2.05, 4.69) is 34.2 Å². The molecule has 3 nitrogen and oxygen atoms in total. The van der Waals surface area contributed by atoms with Gasteiger partial charge in [0.05, 0.1) is 10.9 Å². The van der Waals surface area contributed by atoms with Crippen molar-refractivity contribution in [3.8, 4) is 0 Å². The minimum absolute atomic E-state index is 0.410. The van der Waals surface area contributed by atoms with E-state index in [0.29, 0.717) is 5.37 Å². The van der Waals surface area contributed by atoms with Gasteiger partial charge in [0, 0.05) is 0 Å². The lowest BCUT2D eigenvalue weighted by Crippen LogP contribution is -2.06. The monoisotopic (exact) mass is 235 g/mol. The lowest BCUT2D eigenvalue weighted by Gasteiger charge is -2.14. The van der Waals surface area contributed by atoms with Crippen LogP contribution in [0.25, 0.3) is 11.0 Å². The summed E-state index contributed by atoms with van der Waals surface area (Å²) in [7, 11) is 0. The Balaban J connectivity index is 2.30. The van der Waals surface area contributed by atoms with Crippen LogP contribution in [0.15, 0.2) is 24.3 Å². The molecule has 0 bridgehead atoms. The molecule has 0 saturated carbocycles. The highest BCUT2D eigenvalue weighted by molar-refractivity contribution is 7.98. The third-order valence-corrected chi connectivity index (χ3v) is 3.71. The Morgan fingerprint density at radius 2 is 2.19 bits per heavy atom. The van der Waals surface area contributed by atoms with Crippen molar-refractivity contribution in [3.63, 3.8) is 0 Å². The van der Waals surface area contributed by atoms with Gasteiger partial charge in [0.25, 0.3) is 0 Å². The summed E-state index contributed by atoms with van der Waals surface area (Å²) in [5, 5.41) is 8.87. The van der Waals surface area contributed by atoms with Crippen molar-refractivity contribution in [2.45, 2.75) is 31.6 Å². The highest BCUT2D eigenvalue weighted by Gasteiger charge is 2.13. The summed E-state index contributed by atoms with van der Waals surface area (Å²) in [6.07, 6.45) is 5.76. The maximum Gasteiger partial charge on any atom is 0.113 e. The average Bonchev–Trinajstić information content (AvgIpc) is 2.75. The number of aromatic nitrogens is 3. The summed E-state index contributed by atoms with van der Waals surface area (Å²) < 4.78 is 2.05. The third kappa shape index (κ3) is 2.21. The quantitative estimate of drug-likeness (QED) is 0.795. The first-order valence-electron chi connectivity index (χ1n) is 5.69. The molecule has 86 valence electrons. The van der Waals surface area contributed by atoms with E-state index in [-0.39, 0.29) is 0 Å². The smallest absolute Gasteiger partial charge is 0.113 e. The van der Waals surface area contributed by atoms with Crippen LogP contribution >= 0.6 is 11.8 Å². The fourth-order valence-corrected chi connectivity index (χ4v) is 2.58. The first-order valence-corrected chi connectivity index (χ1v) is 6.98. The Bertz CT molecular complexity index is 452. The number of thioether (sulfide) groups is 1. The standard InChI is InChI=1S/C12H17N3S/c1-3-4-9-12(16-2)15-11-8-6-5-7-10(11)13-14-15/h5-8,12H,3-4,9H2,1-2H3. The van der Waals surface area contributed by atoms with E-state index < -0.39 is 0 Å². The lowest BCUT2D eigenvalue weighted by atomic mass is 10.2. The Morgan fingerprint density at radius 1 is 1.38 bits per heavy atom. The summed E-state index contributed by atoms with van der Waals surface area (Å²) in [4.78, 5) is 0. The zero-order valence-electron chi connectivity index (χ0n) is 9.76. The fourth-order valence-electron chi connectivity index (χ4n) is 1.82. The number of hydrogen-bond donors (Lipinski definition) is 0. The summed E-state index contributed by atoms with van der Waals surface area (Å²) in [5.41, 5.74) is 2.12. The first-order chi connectivity index (χ1) is 7.86. The maximum atomic E-state index is 4.27. The van der Waals surface area contributed by atoms with Gasteiger partial charge in [0.1, 0.15) is 5.52 Å². The van der Waals surface area contributed by atoms with E-state index in [1.54, 1.807) is 0 Å². The molecular formula is C12H17N3S. The van der Waals surface area contributed by atoms with Gasteiger partial charge >= 0.3 is 0 Å². The normalized spacial score (nSPS) is 13.1. The second kappa shape index (κ2) is 5.34. The van der Waals surface area contributed by atoms with Gasteiger partial charge in [0.15, 0.2) is 0 Å². The van der Waals surface area contributed by atoms with Gasteiger partial charge in [-0.25, -0.2) is 4.68 Å². The van der Waals surface area contributed by atoms with Crippen LogP contribution in [0.4, 0.5) is 0 Å². The largest absolute Gasteiger partial charge is 0.232 e. The van der Waals surface area contributed by atoms with Crippen LogP contribution < -0.4 is 0 Å². The van der Waals surface area contributed by atoms with Crippen molar-refractivity contribution < 1.29 is 0 Å². The Labute approximate surface area is 100 Å². The van der Waals surface area contributed by atoms with Crippen LogP contribution in [0.5, 0.6) is 0 Å². The maximum absolute atomic E-state index is 4.27. The zero-order valence-corrected chi connectivity index (χ0v) is 10.6. The Hall–Kier alpha value is -1.03. The fraction of sp³-hybridized carbons (Fsp3) is 0.500. The van der Waals surface area contributed by atoms with E-state index >= 15 is 0 Å². The highest BCUT2D eigenvalue weighted by atomic mass is 32.2. The molecule has 1 atom stereocenters. The van der Waals surface area contributed by atoms with Crippen LogP contribution in [0.2, 0.25) is 0 Å². The molecule has 0 aliphatic heterocycles. The molecule has 1 aromatic carbocycles. The SMILES string of the molecule is CCCCC(SC)n1nnc2ccccc21. The average molecular weight is 235 g/mol. The van der Waals surface area contributed by atoms with E-state index in [1.165, 1.54) is 12.8 Å². The van der Waals surface area contributed by atoms with E-state index in [4.69, 9.17) is 0 Å². The molecule has 2 rings (SSSR count). The number of unbranched alkanes of at least 4 members (excludes halogenated alkanes) is 1. The molecule has 1 unspecified atom stereocenters. The van der Waals surface area contributed by atoms with Crippen LogP contribution in [-0.2, 0) is 0 Å². The lowest BCUT2D eigenvalue weighted by molar-refractivity contribution is 0.537. The second-order valence-corrected chi connectivity index (χ2v) is 4.87. The number of fused-ring (bicyclic) bond motifs is 1. The van der Waals surface area contributed by atoms with Crippen molar-refractivity contribution in [1.29, 1.82) is 0 Å². The number of hydrogen-bond acceptors (Lipinski definition) is 3. The molecule has 0 aliphatic rings. The van der Waals surface area contributed by atoms with Gasteiger partial charge in [-0.15, -0.1) is 16.9 Å². The molecule has 0 fully saturated rings. The van der Waals surface area contributed by atoms with Gasteiger partial charge < -0.3 is 0 Å². The molecule has 2 aromatic rings. The molecule has 0 radical (unpaired) electrons. The highest BCUT2D eigenvalue weighted by Crippen LogP contribution is 2.28. The van der Waals surface area contributed by atoms with E-state index in [0.717, 1.165) is 17.5 Å². The molecule has 1 heterocycles. The molecule has 0 spiro atoms. The van der Waals surface area contributed by atoms with E-state index in [9.17, 15) is 0 Å². The van der Waals surface area contributed by atoms with Gasteiger partial charge in [-0.2, -0.15) is 0 Å². The molecule has 1 aromatic heterocycles. The zero-order chi connectivity index (χ0) is 11.4. The molecule has 0 aliphatic carbocycles. The van der Waals surface area contributed by atoms with Crippen molar-refractivity contribution >= 4 is 22.8 Å². The number of benzene rings is 1. The van der Waals surface area contributed by atoms with E-state index in [1.807, 2.05) is 30.0 Å². The minimum atomic E-state index is 0.410. The van der Waals surface area contributed by atoms with Crippen molar-refractivity contribution in [2.75, 3.05) is 6.26 Å². The molecule has 0 saturated heterocycles. The predicted molar refractivity (Wildman–Crippen MR) is 69.6 cm³/mol. The predicted octanol–water partition coefficient (Wildman–Crippen LogP) is 3.48. The van der Waals surface area contributed by atoms with Gasteiger partial charge in [0.2, 0.25) is 0 Å². The van der Waals surface area contributed by atoms with Crippen LogP contribution in [0.1, 0.15) is 31.6 Å². The van der Waals surface area contributed by atoms with Crippen LogP contribution in [-0.4, -0.2) is 21.2 Å². The third-order valence-electron chi connectivity index (χ3n) is 2.73. The van der Waals surface area contributed by atoms with Gasteiger partial charge in [-0.1, -0.05) is 37.1 Å². The molecule has 4 heteroatoms. The molecule has 16 heavy (non-hydrogen) atoms. The second-order valence-electron chi connectivity index (χ2n) is 3.86. The van der Waals surface area contributed by atoms with Crippen LogP contribution in [0, 0.1) is 0 Å². The van der Waals surface area contributed by atoms with Crippen LogP contribution in [0.3, 0.4) is 0 Å². The minimum Gasteiger partial charge on any atom is -0.232 e. The topological polar surface area (TPSA) is 30.7 Å².